The van der Waals surface area contributed by atoms with Crippen LogP contribution in [-0.4, -0.2) is 80.7 Å². The first-order valence-electron chi connectivity index (χ1n) is 10.3. The van der Waals surface area contributed by atoms with Gasteiger partial charge in [0.25, 0.3) is 0 Å². The average molecular weight is 391 g/mol. The van der Waals surface area contributed by atoms with Gasteiger partial charge in [-0.25, -0.2) is 4.98 Å². The Labute approximate surface area is 165 Å². The summed E-state index contributed by atoms with van der Waals surface area (Å²) in [4.78, 5) is 26.2. The zero-order valence-electron chi connectivity index (χ0n) is 16.4. The Morgan fingerprint density at radius 2 is 2.00 bits per heavy atom. The Morgan fingerprint density at radius 1 is 1.26 bits per heavy atom. The number of anilines is 1. The van der Waals surface area contributed by atoms with Crippen molar-refractivity contribution in [2.75, 3.05) is 64.9 Å². The molecule has 1 saturated carbocycles. The van der Waals surface area contributed by atoms with Gasteiger partial charge in [0.2, 0.25) is 5.91 Å². The summed E-state index contributed by atoms with van der Waals surface area (Å²) in [5.41, 5.74) is 1.18. The molecule has 5 rings (SSSR count). The standard InChI is InChI=1S/C20H30N4O2S/c1-22(2)10-14-15-11-24(12-16(14)15)19(25)13-3-4-18-17(9-13)21-20(27-18)23-5-7-26-8-6-23/h13-16H,3-12H2,1-2H3/t13?,14?,15-,16+. The molecule has 3 heterocycles. The number of aromatic nitrogens is 1. The highest BCUT2D eigenvalue weighted by Gasteiger charge is 2.56. The quantitative estimate of drug-likeness (QED) is 0.777. The second-order valence-electron chi connectivity index (χ2n) is 8.90. The Kier molecular flexibility index (Phi) is 4.64. The van der Waals surface area contributed by atoms with Gasteiger partial charge in [0.15, 0.2) is 5.13 Å². The molecule has 4 atom stereocenters. The van der Waals surface area contributed by atoms with Crippen LogP contribution in [0.5, 0.6) is 0 Å². The Hall–Kier alpha value is -1.18. The van der Waals surface area contributed by atoms with Crippen LogP contribution >= 0.6 is 11.3 Å². The van der Waals surface area contributed by atoms with E-state index in [4.69, 9.17) is 9.72 Å². The topological polar surface area (TPSA) is 48.9 Å². The van der Waals surface area contributed by atoms with Crippen molar-refractivity contribution >= 4 is 22.4 Å². The number of carbonyl (C=O) groups is 1. The normalized spacial score (nSPS) is 32.6. The number of hydrogen-bond donors (Lipinski definition) is 0. The number of morpholine rings is 1. The van der Waals surface area contributed by atoms with E-state index in [1.807, 2.05) is 11.3 Å². The summed E-state index contributed by atoms with van der Waals surface area (Å²) in [6, 6.07) is 0. The maximum atomic E-state index is 13.1. The van der Waals surface area contributed by atoms with Crippen LogP contribution in [0.2, 0.25) is 0 Å². The fourth-order valence-corrected chi connectivity index (χ4v) is 6.40. The lowest BCUT2D eigenvalue weighted by Gasteiger charge is -2.27. The van der Waals surface area contributed by atoms with Crippen LogP contribution in [0.3, 0.4) is 0 Å². The number of rotatable bonds is 4. The van der Waals surface area contributed by atoms with Crippen LogP contribution in [0.1, 0.15) is 17.0 Å². The van der Waals surface area contributed by atoms with Crippen molar-refractivity contribution in [1.82, 2.24) is 14.8 Å². The summed E-state index contributed by atoms with van der Waals surface area (Å²) in [6.07, 6.45) is 2.84. The van der Waals surface area contributed by atoms with Gasteiger partial charge in [-0.15, -0.1) is 11.3 Å². The van der Waals surface area contributed by atoms with Crippen molar-refractivity contribution in [2.24, 2.45) is 23.7 Å². The third-order valence-corrected chi connectivity index (χ3v) is 8.03. The second-order valence-corrected chi connectivity index (χ2v) is 9.96. The Morgan fingerprint density at radius 3 is 2.70 bits per heavy atom. The first kappa shape index (κ1) is 17.9. The molecule has 27 heavy (non-hydrogen) atoms. The van der Waals surface area contributed by atoms with Gasteiger partial charge >= 0.3 is 0 Å². The summed E-state index contributed by atoms with van der Waals surface area (Å²) < 4.78 is 5.45. The first-order valence-corrected chi connectivity index (χ1v) is 11.2. The number of piperidine rings is 1. The third-order valence-electron chi connectivity index (χ3n) is 6.82. The largest absolute Gasteiger partial charge is 0.378 e. The zero-order valence-corrected chi connectivity index (χ0v) is 17.2. The van der Waals surface area contributed by atoms with Crippen LogP contribution in [-0.2, 0) is 22.4 Å². The molecule has 6 nitrogen and oxygen atoms in total. The van der Waals surface area contributed by atoms with Crippen LogP contribution in [0.4, 0.5) is 5.13 Å². The van der Waals surface area contributed by atoms with E-state index in [1.165, 1.54) is 17.1 Å². The predicted molar refractivity (Wildman–Crippen MR) is 106 cm³/mol. The lowest BCUT2D eigenvalue weighted by Crippen LogP contribution is -2.39. The first-order chi connectivity index (χ1) is 13.1. The minimum absolute atomic E-state index is 0.141. The molecule has 1 amide bonds. The van der Waals surface area contributed by atoms with Gasteiger partial charge in [0.05, 0.1) is 18.9 Å². The van der Waals surface area contributed by atoms with Crippen molar-refractivity contribution in [3.8, 4) is 0 Å². The van der Waals surface area contributed by atoms with Gasteiger partial charge in [-0.3, -0.25) is 4.79 Å². The van der Waals surface area contributed by atoms with Crippen LogP contribution < -0.4 is 4.90 Å². The molecular weight excluding hydrogens is 360 g/mol. The summed E-state index contributed by atoms with van der Waals surface area (Å²) in [5.74, 6) is 2.85. The smallest absolute Gasteiger partial charge is 0.226 e. The van der Waals surface area contributed by atoms with E-state index in [0.717, 1.165) is 81.5 Å². The molecule has 0 N–H and O–H groups in total. The van der Waals surface area contributed by atoms with Gasteiger partial charge in [-0.2, -0.15) is 0 Å². The summed E-state index contributed by atoms with van der Waals surface area (Å²) >= 11 is 1.83. The number of aryl methyl sites for hydroxylation is 1. The van der Waals surface area contributed by atoms with Crippen LogP contribution in [0, 0.1) is 23.7 Å². The van der Waals surface area contributed by atoms with E-state index >= 15 is 0 Å². The fourth-order valence-electron chi connectivity index (χ4n) is 5.25. The van der Waals surface area contributed by atoms with Gasteiger partial charge < -0.3 is 19.4 Å². The minimum Gasteiger partial charge on any atom is -0.378 e. The van der Waals surface area contributed by atoms with E-state index in [0.29, 0.717) is 5.91 Å². The molecule has 7 heteroatoms. The summed E-state index contributed by atoms with van der Waals surface area (Å²) in [6.45, 7) is 6.59. The lowest BCUT2D eigenvalue weighted by molar-refractivity contribution is -0.135. The lowest BCUT2D eigenvalue weighted by atomic mass is 9.89. The highest BCUT2D eigenvalue weighted by molar-refractivity contribution is 7.15. The molecule has 1 aromatic heterocycles. The number of carbonyl (C=O) groups excluding carboxylic acids is 1. The maximum Gasteiger partial charge on any atom is 0.226 e. The zero-order chi connectivity index (χ0) is 18.5. The molecule has 148 valence electrons. The Bertz CT molecular complexity index is 703. The van der Waals surface area contributed by atoms with Crippen molar-refractivity contribution in [1.29, 1.82) is 0 Å². The number of likely N-dealkylation sites (tertiary alicyclic amines) is 1. The number of ether oxygens (including phenoxy) is 1. The van der Waals surface area contributed by atoms with Gasteiger partial charge in [0.1, 0.15) is 0 Å². The van der Waals surface area contributed by atoms with Crippen molar-refractivity contribution < 1.29 is 9.53 Å². The highest BCUT2D eigenvalue weighted by Crippen LogP contribution is 2.52. The molecule has 2 unspecified atom stereocenters. The summed E-state index contributed by atoms with van der Waals surface area (Å²) in [7, 11) is 4.30. The monoisotopic (exact) mass is 390 g/mol. The van der Waals surface area contributed by atoms with Crippen molar-refractivity contribution in [2.45, 2.75) is 19.3 Å². The molecule has 0 radical (unpaired) electrons. The molecule has 0 bridgehead atoms. The van der Waals surface area contributed by atoms with E-state index < -0.39 is 0 Å². The summed E-state index contributed by atoms with van der Waals surface area (Å²) in [5, 5.41) is 1.13. The van der Waals surface area contributed by atoms with E-state index in [9.17, 15) is 4.79 Å². The molecule has 3 fully saturated rings. The molecule has 1 aromatic rings. The number of nitrogens with zero attached hydrogens (tertiary/aromatic N) is 4. The molecule has 0 spiro atoms. The number of amides is 1. The van der Waals surface area contributed by atoms with Gasteiger partial charge in [-0.05, 0) is 44.7 Å². The third kappa shape index (κ3) is 3.38. The van der Waals surface area contributed by atoms with Gasteiger partial charge in [0, 0.05) is 49.9 Å². The maximum absolute atomic E-state index is 13.1. The Balaban J connectivity index is 1.19. The van der Waals surface area contributed by atoms with Crippen LogP contribution in [0.25, 0.3) is 0 Å². The molecule has 2 aliphatic carbocycles. The van der Waals surface area contributed by atoms with Crippen LogP contribution in [0.15, 0.2) is 0 Å². The molecule has 2 saturated heterocycles. The molecule has 4 aliphatic rings. The minimum atomic E-state index is 0.141. The fraction of sp³-hybridized carbons (Fsp3) is 0.800. The second kappa shape index (κ2) is 7.01. The number of thiazole rings is 1. The number of fused-ring (bicyclic) bond motifs is 2. The van der Waals surface area contributed by atoms with E-state index in [2.05, 4.69) is 28.8 Å². The molecule has 0 aromatic carbocycles. The van der Waals surface area contributed by atoms with E-state index in [-0.39, 0.29) is 5.92 Å². The van der Waals surface area contributed by atoms with E-state index in [1.54, 1.807) is 0 Å². The van der Waals surface area contributed by atoms with Crippen molar-refractivity contribution in [3.05, 3.63) is 10.6 Å². The molecule has 2 aliphatic heterocycles. The van der Waals surface area contributed by atoms with Gasteiger partial charge in [-0.1, -0.05) is 0 Å². The predicted octanol–water partition coefficient (Wildman–Crippen LogP) is 1.35. The van der Waals surface area contributed by atoms with Crippen molar-refractivity contribution in [3.63, 3.8) is 0 Å². The average Bonchev–Trinajstić information content (AvgIpc) is 3.07. The number of hydrogen-bond acceptors (Lipinski definition) is 6. The highest BCUT2D eigenvalue weighted by atomic mass is 32.1. The SMILES string of the molecule is CN(C)CC1[C@H]2CN(C(=O)C3CCc4sc(N5CCOCC5)nc4C3)C[C@@H]12. The molecular formula is C20H30N4O2S.